The predicted octanol–water partition coefficient (Wildman–Crippen LogP) is 2.41. The van der Waals surface area contributed by atoms with Crippen LogP contribution in [0.1, 0.15) is 20.8 Å². The number of carbonyl (C=O) groups is 2. The Morgan fingerprint density at radius 2 is 2.00 bits per heavy atom. The Morgan fingerprint density at radius 1 is 1.23 bits per heavy atom. The third kappa shape index (κ3) is 3.12. The van der Waals surface area contributed by atoms with Crippen molar-refractivity contribution in [2.45, 2.75) is 13.0 Å². The number of carboxylic acid groups (broad SMARTS) is 1. The zero-order valence-corrected chi connectivity index (χ0v) is 12.6. The van der Waals surface area contributed by atoms with Crippen LogP contribution in [-0.4, -0.2) is 35.0 Å². The quantitative estimate of drug-likeness (QED) is 0.940. The molecule has 0 atom stereocenters. The van der Waals surface area contributed by atoms with Gasteiger partial charge in [-0.15, -0.1) is 11.3 Å². The van der Waals surface area contributed by atoms with Gasteiger partial charge in [-0.3, -0.25) is 4.79 Å². The molecule has 0 unspecified atom stereocenters. The average Bonchev–Trinajstić information content (AvgIpc) is 3.00. The van der Waals surface area contributed by atoms with Crippen molar-refractivity contribution in [3.05, 3.63) is 51.7 Å². The van der Waals surface area contributed by atoms with E-state index in [1.807, 2.05) is 4.90 Å². The van der Waals surface area contributed by atoms with E-state index in [0.29, 0.717) is 17.9 Å². The first kappa shape index (κ1) is 14.6. The fourth-order valence-electron chi connectivity index (χ4n) is 2.43. The summed E-state index contributed by atoms with van der Waals surface area (Å²) in [5.41, 5.74) is 1.93. The molecule has 1 aliphatic heterocycles. The molecule has 0 saturated carbocycles. The highest BCUT2D eigenvalue weighted by molar-refractivity contribution is 7.10. The number of fused-ring (bicyclic) bond motifs is 1. The number of hydrogen-bond acceptors (Lipinski definition) is 4. The fraction of sp³-hybridized carbons (Fsp3) is 0.250. The molecule has 2 aromatic rings. The lowest BCUT2D eigenvalue weighted by Crippen LogP contribution is -2.35. The van der Waals surface area contributed by atoms with Gasteiger partial charge in [0.05, 0.1) is 6.54 Å². The molecular weight excluding hydrogens is 302 g/mol. The summed E-state index contributed by atoms with van der Waals surface area (Å²) in [5, 5.41) is 10.6. The van der Waals surface area contributed by atoms with Crippen LogP contribution in [0.5, 0.6) is 5.75 Å². The minimum Gasteiger partial charge on any atom is -0.482 e. The number of hydrogen-bond donors (Lipinski definition) is 1. The van der Waals surface area contributed by atoms with E-state index < -0.39 is 5.97 Å². The normalized spacial score (nSPS) is 13.5. The first-order valence-electron chi connectivity index (χ1n) is 6.92. The van der Waals surface area contributed by atoms with E-state index >= 15 is 0 Å². The third-order valence-corrected chi connectivity index (χ3v) is 4.52. The van der Waals surface area contributed by atoms with Crippen molar-refractivity contribution in [3.8, 4) is 5.75 Å². The molecule has 0 saturated heterocycles. The summed E-state index contributed by atoms with van der Waals surface area (Å²) in [6.07, 6.45) is 0.893. The Hall–Kier alpha value is -2.34. The van der Waals surface area contributed by atoms with Crippen LogP contribution >= 0.6 is 11.3 Å². The fourth-order valence-corrected chi connectivity index (χ4v) is 3.38. The van der Waals surface area contributed by atoms with Crippen LogP contribution < -0.4 is 4.74 Å². The van der Waals surface area contributed by atoms with Gasteiger partial charge in [-0.25, -0.2) is 4.79 Å². The van der Waals surface area contributed by atoms with E-state index in [2.05, 4.69) is 11.4 Å². The number of aliphatic carboxylic acids is 1. The second-order valence-corrected chi connectivity index (χ2v) is 6.05. The molecule has 0 bridgehead atoms. The van der Waals surface area contributed by atoms with Crippen molar-refractivity contribution in [3.63, 3.8) is 0 Å². The molecule has 0 radical (unpaired) electrons. The van der Waals surface area contributed by atoms with E-state index in [4.69, 9.17) is 9.84 Å². The van der Waals surface area contributed by atoms with Crippen LogP contribution in [0, 0.1) is 0 Å². The second kappa shape index (κ2) is 6.19. The first-order valence-corrected chi connectivity index (χ1v) is 7.80. The second-order valence-electron chi connectivity index (χ2n) is 5.05. The molecular formula is C16H15NO4S. The van der Waals surface area contributed by atoms with E-state index in [-0.39, 0.29) is 12.5 Å². The van der Waals surface area contributed by atoms with Gasteiger partial charge in [0.15, 0.2) is 6.61 Å². The molecule has 114 valence electrons. The van der Waals surface area contributed by atoms with Crippen molar-refractivity contribution >= 4 is 23.2 Å². The number of benzene rings is 1. The lowest BCUT2D eigenvalue weighted by Gasteiger charge is -2.27. The van der Waals surface area contributed by atoms with Gasteiger partial charge in [-0.05, 0) is 47.7 Å². The minimum absolute atomic E-state index is 0.0103. The molecule has 1 amide bonds. The van der Waals surface area contributed by atoms with E-state index in [0.717, 1.165) is 13.0 Å². The van der Waals surface area contributed by atoms with E-state index in [9.17, 15) is 9.59 Å². The van der Waals surface area contributed by atoms with Crippen LogP contribution in [0.25, 0.3) is 0 Å². The standard InChI is InChI=1S/C16H15NO4S/c18-15(19)10-21-13-3-1-12(2-4-13)16(20)17-7-5-11-6-8-22-14(11)9-17/h1-4,6,8H,5,7,9-10H2,(H,18,19). The zero-order valence-electron chi connectivity index (χ0n) is 11.8. The Kier molecular flexibility index (Phi) is 4.11. The predicted molar refractivity (Wildman–Crippen MR) is 82.3 cm³/mol. The third-order valence-electron chi connectivity index (χ3n) is 3.57. The minimum atomic E-state index is -1.03. The van der Waals surface area contributed by atoms with E-state index in [1.165, 1.54) is 10.4 Å². The number of ether oxygens (including phenoxy) is 1. The van der Waals surface area contributed by atoms with Gasteiger partial charge in [-0.2, -0.15) is 0 Å². The van der Waals surface area contributed by atoms with Crippen molar-refractivity contribution in [2.24, 2.45) is 0 Å². The number of carbonyl (C=O) groups excluding carboxylic acids is 1. The summed E-state index contributed by atoms with van der Waals surface area (Å²) in [7, 11) is 0. The lowest BCUT2D eigenvalue weighted by atomic mass is 10.1. The maximum atomic E-state index is 12.5. The molecule has 1 N–H and O–H groups in total. The van der Waals surface area contributed by atoms with Gasteiger partial charge >= 0.3 is 5.97 Å². The SMILES string of the molecule is O=C(O)COc1ccc(C(=O)N2CCc3ccsc3C2)cc1. The molecule has 22 heavy (non-hydrogen) atoms. The van der Waals surface area contributed by atoms with Gasteiger partial charge in [0.25, 0.3) is 5.91 Å². The van der Waals surface area contributed by atoms with Gasteiger partial charge < -0.3 is 14.7 Å². The summed E-state index contributed by atoms with van der Waals surface area (Å²) >= 11 is 1.68. The van der Waals surface area contributed by atoms with E-state index in [1.54, 1.807) is 35.6 Å². The summed E-state index contributed by atoms with van der Waals surface area (Å²) < 4.78 is 5.06. The van der Waals surface area contributed by atoms with Gasteiger partial charge in [0.1, 0.15) is 5.75 Å². The molecule has 5 nitrogen and oxygen atoms in total. The van der Waals surface area contributed by atoms with Gasteiger partial charge in [0, 0.05) is 17.0 Å². The molecule has 0 spiro atoms. The number of nitrogens with zero attached hydrogens (tertiary/aromatic N) is 1. The Labute approximate surface area is 131 Å². The smallest absolute Gasteiger partial charge is 0.341 e. The van der Waals surface area contributed by atoms with Crippen molar-refractivity contribution in [1.29, 1.82) is 0 Å². The average molecular weight is 317 g/mol. The molecule has 6 heteroatoms. The van der Waals surface area contributed by atoms with Crippen LogP contribution in [0.3, 0.4) is 0 Å². The molecule has 1 aliphatic rings. The summed E-state index contributed by atoms with van der Waals surface area (Å²) in [6.45, 7) is 0.990. The summed E-state index contributed by atoms with van der Waals surface area (Å²) in [6, 6.07) is 8.71. The Morgan fingerprint density at radius 3 is 2.73 bits per heavy atom. The van der Waals surface area contributed by atoms with Crippen LogP contribution in [0.15, 0.2) is 35.7 Å². The Balaban J connectivity index is 1.66. The largest absolute Gasteiger partial charge is 0.482 e. The van der Waals surface area contributed by atoms with Crippen molar-refractivity contribution < 1.29 is 19.4 Å². The first-order chi connectivity index (χ1) is 10.6. The number of amides is 1. The highest BCUT2D eigenvalue weighted by Crippen LogP contribution is 2.25. The highest BCUT2D eigenvalue weighted by Gasteiger charge is 2.22. The molecule has 3 rings (SSSR count). The zero-order chi connectivity index (χ0) is 15.5. The summed E-state index contributed by atoms with van der Waals surface area (Å²) in [5.74, 6) is -0.595. The van der Waals surface area contributed by atoms with Crippen LogP contribution in [0.4, 0.5) is 0 Å². The lowest BCUT2D eigenvalue weighted by molar-refractivity contribution is -0.139. The number of rotatable bonds is 4. The number of carboxylic acids is 1. The van der Waals surface area contributed by atoms with Crippen LogP contribution in [0.2, 0.25) is 0 Å². The van der Waals surface area contributed by atoms with Crippen molar-refractivity contribution in [2.75, 3.05) is 13.2 Å². The highest BCUT2D eigenvalue weighted by atomic mass is 32.1. The topological polar surface area (TPSA) is 66.8 Å². The molecule has 1 aromatic heterocycles. The molecule has 1 aromatic carbocycles. The maximum absolute atomic E-state index is 12.5. The molecule has 0 aliphatic carbocycles. The van der Waals surface area contributed by atoms with Gasteiger partial charge in [-0.1, -0.05) is 0 Å². The van der Waals surface area contributed by atoms with Crippen molar-refractivity contribution in [1.82, 2.24) is 4.90 Å². The monoisotopic (exact) mass is 317 g/mol. The van der Waals surface area contributed by atoms with Crippen LogP contribution in [-0.2, 0) is 17.8 Å². The maximum Gasteiger partial charge on any atom is 0.341 e. The van der Waals surface area contributed by atoms with Gasteiger partial charge in [0.2, 0.25) is 0 Å². The molecule has 0 fully saturated rings. The molecule has 2 heterocycles. The Bertz CT molecular complexity index is 692. The number of thiophene rings is 1. The summed E-state index contributed by atoms with van der Waals surface area (Å²) in [4.78, 5) is 26.0.